The van der Waals surface area contributed by atoms with Gasteiger partial charge in [-0.1, -0.05) is 17.7 Å². The number of nitrogens with zero attached hydrogens (tertiary/aromatic N) is 4. The third-order valence-electron chi connectivity index (χ3n) is 4.20. The average Bonchev–Trinajstić information content (AvgIpc) is 2.57. The van der Waals surface area contributed by atoms with E-state index < -0.39 is 4.92 Å². The molecule has 126 valence electrons. The molecule has 1 aliphatic rings. The van der Waals surface area contributed by atoms with Gasteiger partial charge in [0.25, 0.3) is 0 Å². The molecule has 2 heterocycles. The second kappa shape index (κ2) is 6.84. The van der Waals surface area contributed by atoms with Gasteiger partial charge in [-0.3, -0.25) is 10.1 Å². The normalized spacial score (nSPS) is 15.3. The Labute approximate surface area is 141 Å². The van der Waals surface area contributed by atoms with Gasteiger partial charge in [-0.25, -0.2) is 4.98 Å². The molecule has 3 rings (SSSR count). The highest BCUT2D eigenvalue weighted by molar-refractivity contribution is 5.68. The lowest BCUT2D eigenvalue weighted by Crippen LogP contribution is -2.44. The quantitative estimate of drug-likeness (QED) is 0.687. The van der Waals surface area contributed by atoms with E-state index in [-0.39, 0.29) is 11.5 Å². The van der Waals surface area contributed by atoms with Crippen LogP contribution in [-0.4, -0.2) is 48.0 Å². The number of pyridine rings is 1. The number of piperazine rings is 1. The van der Waals surface area contributed by atoms with Crippen LogP contribution in [0.25, 0.3) is 0 Å². The lowest BCUT2D eigenvalue weighted by molar-refractivity contribution is -0.384. The maximum atomic E-state index is 11.3. The summed E-state index contributed by atoms with van der Waals surface area (Å²) < 4.78 is 0. The van der Waals surface area contributed by atoms with Crippen LogP contribution in [0.4, 0.5) is 23.0 Å². The van der Waals surface area contributed by atoms with E-state index in [0.29, 0.717) is 0 Å². The maximum Gasteiger partial charge on any atom is 0.311 e. The number of hydrogen-bond donors (Lipinski definition) is 1. The summed E-state index contributed by atoms with van der Waals surface area (Å²) in [4.78, 5) is 19.8. The summed E-state index contributed by atoms with van der Waals surface area (Å²) in [5, 5.41) is 14.4. The Balaban J connectivity index is 1.88. The molecular weight excluding hydrogens is 306 g/mol. The minimum atomic E-state index is -0.405. The molecule has 7 heteroatoms. The van der Waals surface area contributed by atoms with Crippen LogP contribution in [0.2, 0.25) is 0 Å². The Morgan fingerprint density at radius 3 is 2.38 bits per heavy atom. The fourth-order valence-electron chi connectivity index (χ4n) is 2.67. The highest BCUT2D eigenvalue weighted by Crippen LogP contribution is 2.29. The number of benzene rings is 1. The number of hydrogen-bond acceptors (Lipinski definition) is 6. The van der Waals surface area contributed by atoms with Crippen molar-refractivity contribution in [3.05, 3.63) is 52.1 Å². The highest BCUT2D eigenvalue weighted by atomic mass is 16.6. The monoisotopic (exact) mass is 327 g/mol. The molecular formula is C17H21N5O2. The summed E-state index contributed by atoms with van der Waals surface area (Å²) >= 11 is 0. The van der Waals surface area contributed by atoms with Crippen molar-refractivity contribution < 1.29 is 4.92 Å². The van der Waals surface area contributed by atoms with Crippen molar-refractivity contribution in [2.75, 3.05) is 43.4 Å². The topological polar surface area (TPSA) is 74.5 Å². The van der Waals surface area contributed by atoms with E-state index in [0.717, 1.165) is 43.2 Å². The van der Waals surface area contributed by atoms with Crippen LogP contribution >= 0.6 is 0 Å². The first-order valence-electron chi connectivity index (χ1n) is 7.95. The summed E-state index contributed by atoms with van der Waals surface area (Å²) in [5.74, 6) is 1.04. The molecule has 0 bridgehead atoms. The molecule has 1 N–H and O–H groups in total. The smallest absolute Gasteiger partial charge is 0.311 e. The number of nitro groups is 1. The van der Waals surface area contributed by atoms with Crippen molar-refractivity contribution in [3.8, 4) is 0 Å². The van der Waals surface area contributed by atoms with Gasteiger partial charge in [0, 0.05) is 37.9 Å². The van der Waals surface area contributed by atoms with Crippen LogP contribution in [0.5, 0.6) is 0 Å². The number of nitrogens with one attached hydrogen (secondary N) is 1. The van der Waals surface area contributed by atoms with Crippen molar-refractivity contribution in [3.63, 3.8) is 0 Å². The van der Waals surface area contributed by atoms with Crippen LogP contribution in [0, 0.1) is 17.0 Å². The number of aryl methyl sites for hydroxylation is 1. The van der Waals surface area contributed by atoms with Crippen molar-refractivity contribution in [1.82, 2.24) is 9.88 Å². The fourth-order valence-corrected chi connectivity index (χ4v) is 2.67. The molecule has 0 radical (unpaired) electrons. The summed E-state index contributed by atoms with van der Waals surface area (Å²) in [7, 11) is 2.09. The minimum absolute atomic E-state index is 0.0200. The number of rotatable bonds is 4. The fraction of sp³-hybridized carbons (Fsp3) is 0.353. The summed E-state index contributed by atoms with van der Waals surface area (Å²) in [6.45, 7) is 5.65. The van der Waals surface area contributed by atoms with Gasteiger partial charge in [-0.05, 0) is 32.2 Å². The molecule has 2 aromatic rings. The Kier molecular flexibility index (Phi) is 4.61. The van der Waals surface area contributed by atoms with Crippen molar-refractivity contribution >= 4 is 23.0 Å². The molecule has 7 nitrogen and oxygen atoms in total. The van der Waals surface area contributed by atoms with Crippen LogP contribution < -0.4 is 10.2 Å². The van der Waals surface area contributed by atoms with Gasteiger partial charge in [-0.15, -0.1) is 0 Å². The predicted molar refractivity (Wildman–Crippen MR) is 95.1 cm³/mol. The molecule has 1 aliphatic heterocycles. The molecule has 1 saturated heterocycles. The minimum Gasteiger partial charge on any atom is -0.354 e. The zero-order valence-electron chi connectivity index (χ0n) is 13.9. The van der Waals surface area contributed by atoms with E-state index >= 15 is 0 Å². The van der Waals surface area contributed by atoms with Crippen molar-refractivity contribution in [1.29, 1.82) is 0 Å². The molecule has 0 spiro atoms. The zero-order chi connectivity index (χ0) is 17.1. The lowest BCUT2D eigenvalue weighted by Gasteiger charge is -2.33. The summed E-state index contributed by atoms with van der Waals surface area (Å²) in [6, 6.07) is 10.9. The molecule has 0 amide bonds. The molecule has 1 fully saturated rings. The van der Waals surface area contributed by atoms with Crippen LogP contribution in [0.15, 0.2) is 36.4 Å². The Hall–Kier alpha value is -2.67. The third-order valence-corrected chi connectivity index (χ3v) is 4.20. The largest absolute Gasteiger partial charge is 0.354 e. The predicted octanol–water partition coefficient (Wildman–Crippen LogP) is 2.79. The van der Waals surface area contributed by atoms with Gasteiger partial charge in [0.15, 0.2) is 0 Å². The Morgan fingerprint density at radius 1 is 1.08 bits per heavy atom. The number of anilines is 3. The lowest BCUT2D eigenvalue weighted by atomic mass is 10.2. The van der Waals surface area contributed by atoms with Gasteiger partial charge in [0.2, 0.25) is 5.82 Å². The van der Waals surface area contributed by atoms with Gasteiger partial charge in [0.05, 0.1) is 4.92 Å². The molecule has 0 aliphatic carbocycles. The van der Waals surface area contributed by atoms with E-state index in [1.54, 1.807) is 6.07 Å². The maximum absolute atomic E-state index is 11.3. The van der Waals surface area contributed by atoms with Gasteiger partial charge in [-0.2, -0.15) is 0 Å². The second-order valence-corrected chi connectivity index (χ2v) is 6.08. The Morgan fingerprint density at radius 2 is 1.75 bits per heavy atom. The third kappa shape index (κ3) is 3.62. The second-order valence-electron chi connectivity index (χ2n) is 6.08. The molecule has 0 saturated carbocycles. The van der Waals surface area contributed by atoms with E-state index in [9.17, 15) is 10.1 Å². The highest BCUT2D eigenvalue weighted by Gasteiger charge is 2.20. The van der Waals surface area contributed by atoms with Gasteiger partial charge < -0.3 is 15.1 Å². The van der Waals surface area contributed by atoms with Crippen molar-refractivity contribution in [2.45, 2.75) is 6.92 Å². The SMILES string of the molecule is Cc1ccc(Nc2nc(N3CCN(C)CC3)ccc2[N+](=O)[O-])cc1. The molecule has 24 heavy (non-hydrogen) atoms. The van der Waals surface area contributed by atoms with Crippen LogP contribution in [0.3, 0.4) is 0 Å². The number of likely N-dealkylation sites (N-methyl/N-ethyl adjacent to an activating group) is 1. The van der Waals surface area contributed by atoms with E-state index in [1.807, 2.05) is 31.2 Å². The van der Waals surface area contributed by atoms with Crippen LogP contribution in [-0.2, 0) is 0 Å². The molecule has 1 aromatic heterocycles. The van der Waals surface area contributed by atoms with Crippen molar-refractivity contribution in [2.24, 2.45) is 0 Å². The Bertz CT molecular complexity index is 724. The summed E-state index contributed by atoms with van der Waals surface area (Å²) in [6.07, 6.45) is 0. The van der Waals surface area contributed by atoms with E-state index in [2.05, 4.69) is 27.1 Å². The van der Waals surface area contributed by atoms with Gasteiger partial charge in [0.1, 0.15) is 5.82 Å². The van der Waals surface area contributed by atoms with Gasteiger partial charge >= 0.3 is 5.69 Å². The van der Waals surface area contributed by atoms with E-state index in [4.69, 9.17) is 0 Å². The van der Waals surface area contributed by atoms with Crippen LogP contribution in [0.1, 0.15) is 5.56 Å². The molecule has 0 atom stereocenters. The first kappa shape index (κ1) is 16.2. The number of aromatic nitrogens is 1. The van der Waals surface area contributed by atoms with E-state index in [1.165, 1.54) is 6.07 Å². The first-order chi connectivity index (χ1) is 11.5. The first-order valence-corrected chi connectivity index (χ1v) is 7.95. The standard InChI is InChI=1S/C17H21N5O2/c1-13-3-5-14(6-4-13)18-17-15(22(23)24)7-8-16(19-17)21-11-9-20(2)10-12-21/h3-8H,9-12H2,1-2H3,(H,18,19). The zero-order valence-corrected chi connectivity index (χ0v) is 13.9. The molecule has 1 aromatic carbocycles. The average molecular weight is 327 g/mol. The summed E-state index contributed by atoms with van der Waals surface area (Å²) in [5.41, 5.74) is 1.90. The molecule has 0 unspecified atom stereocenters.